The van der Waals surface area contributed by atoms with Gasteiger partial charge in [0.25, 0.3) is 11.7 Å². The molecule has 7 heteroatoms. The van der Waals surface area contributed by atoms with Crippen molar-refractivity contribution in [2.75, 3.05) is 5.32 Å². The van der Waals surface area contributed by atoms with E-state index in [2.05, 4.69) is 10.3 Å². The van der Waals surface area contributed by atoms with Crippen molar-refractivity contribution in [1.29, 1.82) is 0 Å². The molecule has 1 amide bonds. The number of nitrogens with zero attached hydrogens (tertiary/aromatic N) is 2. The Hall–Kier alpha value is -3.15. The molecule has 0 spiro atoms. The molecule has 0 fully saturated rings. The predicted octanol–water partition coefficient (Wildman–Crippen LogP) is 5.52. The Kier molecular flexibility index (Phi) is 5.57. The minimum atomic E-state index is -0.754. The Balaban J connectivity index is 1.76. The van der Waals surface area contributed by atoms with Crippen LogP contribution in [0.1, 0.15) is 21.5 Å². The van der Waals surface area contributed by atoms with Gasteiger partial charge >= 0.3 is 0 Å². The van der Waals surface area contributed by atoms with E-state index in [0.717, 1.165) is 16.6 Å². The zero-order valence-corrected chi connectivity index (χ0v) is 17.5. The third-order valence-corrected chi connectivity index (χ3v) is 5.43. The van der Waals surface area contributed by atoms with Crippen molar-refractivity contribution in [2.24, 2.45) is 0 Å². The van der Waals surface area contributed by atoms with Crippen LogP contribution in [-0.4, -0.2) is 21.2 Å². The normalized spacial score (nSPS) is 10.9. The predicted molar refractivity (Wildman–Crippen MR) is 119 cm³/mol. The second kappa shape index (κ2) is 8.30. The number of carbonyl (C=O) groups excluding carboxylic acids is 2. The SMILES string of the molecule is Cc1ccc2c(c1)c(C(=O)C(=O)Nc1ccncc1)c(Cl)n2Cc1ccc(Cl)cc1. The van der Waals surface area contributed by atoms with Crippen molar-refractivity contribution in [3.63, 3.8) is 0 Å². The van der Waals surface area contributed by atoms with Crippen LogP contribution in [0.4, 0.5) is 5.69 Å². The summed E-state index contributed by atoms with van der Waals surface area (Å²) in [6, 6.07) is 16.3. The van der Waals surface area contributed by atoms with E-state index >= 15 is 0 Å². The van der Waals surface area contributed by atoms with Crippen LogP contribution in [0.25, 0.3) is 10.9 Å². The average molecular weight is 438 g/mol. The number of benzene rings is 2. The number of aryl methyl sites for hydroxylation is 1. The van der Waals surface area contributed by atoms with E-state index in [-0.39, 0.29) is 10.7 Å². The molecular weight excluding hydrogens is 421 g/mol. The molecule has 0 radical (unpaired) electrons. The lowest BCUT2D eigenvalue weighted by atomic mass is 10.1. The molecule has 0 unspecified atom stereocenters. The van der Waals surface area contributed by atoms with Crippen LogP contribution in [0.15, 0.2) is 67.0 Å². The fraction of sp³-hybridized carbons (Fsp3) is 0.0870. The number of rotatable bonds is 5. The molecule has 2 aromatic carbocycles. The molecular formula is C23H17Cl2N3O2. The summed E-state index contributed by atoms with van der Waals surface area (Å²) in [7, 11) is 0. The number of carbonyl (C=O) groups is 2. The number of Topliss-reactive ketones (excluding diaryl/α,β-unsaturated/α-hetero) is 1. The van der Waals surface area contributed by atoms with Gasteiger partial charge in [-0.15, -0.1) is 0 Å². The fourth-order valence-corrected chi connectivity index (χ4v) is 3.78. The molecule has 1 N–H and O–H groups in total. The van der Waals surface area contributed by atoms with Gasteiger partial charge in [0, 0.05) is 35.0 Å². The molecule has 0 aliphatic rings. The summed E-state index contributed by atoms with van der Waals surface area (Å²) in [4.78, 5) is 29.6. The van der Waals surface area contributed by atoms with E-state index in [9.17, 15) is 9.59 Å². The fourth-order valence-electron chi connectivity index (χ4n) is 3.32. The van der Waals surface area contributed by atoms with Gasteiger partial charge in [-0.25, -0.2) is 0 Å². The van der Waals surface area contributed by atoms with Crippen LogP contribution in [0.2, 0.25) is 10.2 Å². The number of aromatic nitrogens is 2. The number of amides is 1. The molecule has 0 saturated carbocycles. The minimum Gasteiger partial charge on any atom is -0.327 e. The molecule has 2 heterocycles. The number of hydrogen-bond donors (Lipinski definition) is 1. The van der Waals surface area contributed by atoms with Gasteiger partial charge in [-0.05, 0) is 48.9 Å². The van der Waals surface area contributed by atoms with Crippen molar-refractivity contribution >= 4 is 51.5 Å². The Morgan fingerprint density at radius 3 is 2.40 bits per heavy atom. The van der Waals surface area contributed by atoms with Crippen LogP contribution in [0.3, 0.4) is 0 Å². The smallest absolute Gasteiger partial charge is 0.296 e. The summed E-state index contributed by atoms with van der Waals surface area (Å²) in [5.74, 6) is -1.45. The summed E-state index contributed by atoms with van der Waals surface area (Å²) >= 11 is 12.6. The van der Waals surface area contributed by atoms with E-state index in [1.165, 1.54) is 12.4 Å². The molecule has 0 aliphatic heterocycles. The van der Waals surface area contributed by atoms with Gasteiger partial charge in [0.15, 0.2) is 0 Å². The maximum absolute atomic E-state index is 13.1. The summed E-state index contributed by atoms with van der Waals surface area (Å²) in [6.45, 7) is 2.37. The van der Waals surface area contributed by atoms with Crippen LogP contribution in [0, 0.1) is 6.92 Å². The molecule has 0 atom stereocenters. The molecule has 150 valence electrons. The van der Waals surface area contributed by atoms with E-state index < -0.39 is 11.7 Å². The van der Waals surface area contributed by atoms with Gasteiger partial charge in [0.05, 0.1) is 11.1 Å². The molecule has 0 bridgehead atoms. The lowest BCUT2D eigenvalue weighted by Crippen LogP contribution is -2.23. The van der Waals surface area contributed by atoms with Crippen LogP contribution in [-0.2, 0) is 11.3 Å². The Morgan fingerprint density at radius 1 is 1.00 bits per heavy atom. The topological polar surface area (TPSA) is 64.0 Å². The van der Waals surface area contributed by atoms with Crippen molar-refractivity contribution in [3.05, 3.63) is 93.9 Å². The van der Waals surface area contributed by atoms with Crippen molar-refractivity contribution in [3.8, 4) is 0 Å². The van der Waals surface area contributed by atoms with Crippen LogP contribution < -0.4 is 5.32 Å². The lowest BCUT2D eigenvalue weighted by Gasteiger charge is -2.08. The first-order chi connectivity index (χ1) is 14.4. The number of halogens is 2. The minimum absolute atomic E-state index is 0.191. The number of pyridine rings is 1. The second-order valence-corrected chi connectivity index (χ2v) is 7.71. The summed E-state index contributed by atoms with van der Waals surface area (Å²) in [6.07, 6.45) is 3.07. The average Bonchev–Trinajstić information content (AvgIpc) is 3.00. The largest absolute Gasteiger partial charge is 0.327 e. The number of anilines is 1. The maximum atomic E-state index is 13.1. The summed E-state index contributed by atoms with van der Waals surface area (Å²) < 4.78 is 1.83. The number of ketones is 1. The highest BCUT2D eigenvalue weighted by molar-refractivity contribution is 6.51. The molecule has 4 rings (SSSR count). The summed E-state index contributed by atoms with van der Waals surface area (Å²) in [5.41, 5.74) is 3.39. The number of fused-ring (bicyclic) bond motifs is 1. The summed E-state index contributed by atoms with van der Waals surface area (Å²) in [5, 5.41) is 4.11. The van der Waals surface area contributed by atoms with Crippen molar-refractivity contribution in [2.45, 2.75) is 13.5 Å². The number of nitrogens with one attached hydrogen (secondary N) is 1. The maximum Gasteiger partial charge on any atom is 0.296 e. The zero-order chi connectivity index (χ0) is 21.3. The van der Waals surface area contributed by atoms with Crippen molar-refractivity contribution in [1.82, 2.24) is 9.55 Å². The molecule has 5 nitrogen and oxygen atoms in total. The van der Waals surface area contributed by atoms with Gasteiger partial charge < -0.3 is 9.88 Å². The monoisotopic (exact) mass is 437 g/mol. The lowest BCUT2D eigenvalue weighted by molar-refractivity contribution is -0.112. The van der Waals surface area contributed by atoms with Gasteiger partial charge in [-0.2, -0.15) is 0 Å². The molecule has 30 heavy (non-hydrogen) atoms. The van der Waals surface area contributed by atoms with Crippen LogP contribution in [0.5, 0.6) is 0 Å². The zero-order valence-electron chi connectivity index (χ0n) is 16.0. The Labute approximate surface area is 183 Å². The second-order valence-electron chi connectivity index (χ2n) is 6.92. The first kappa shape index (κ1) is 20.1. The van der Waals surface area contributed by atoms with Crippen LogP contribution >= 0.6 is 23.2 Å². The van der Waals surface area contributed by atoms with Gasteiger partial charge in [-0.1, -0.05) is 47.0 Å². The molecule has 4 aromatic rings. The van der Waals surface area contributed by atoms with E-state index in [0.29, 0.717) is 22.6 Å². The van der Waals surface area contributed by atoms with E-state index in [1.54, 1.807) is 24.3 Å². The standard InChI is InChI=1S/C23H17Cl2N3O2/c1-14-2-7-19-18(12-14)20(21(29)23(30)27-17-8-10-26-11-9-17)22(25)28(19)13-15-3-5-16(24)6-4-15/h2-12H,13H2,1H3,(H,26,27,30). The first-order valence-corrected chi connectivity index (χ1v) is 9.98. The third kappa shape index (κ3) is 3.95. The number of hydrogen-bond acceptors (Lipinski definition) is 3. The highest BCUT2D eigenvalue weighted by atomic mass is 35.5. The first-order valence-electron chi connectivity index (χ1n) is 9.22. The highest BCUT2D eigenvalue weighted by Crippen LogP contribution is 2.32. The molecule has 0 aliphatic carbocycles. The Morgan fingerprint density at radius 2 is 1.70 bits per heavy atom. The van der Waals surface area contributed by atoms with Gasteiger partial charge in [-0.3, -0.25) is 14.6 Å². The van der Waals surface area contributed by atoms with Gasteiger partial charge in [0.1, 0.15) is 5.15 Å². The highest BCUT2D eigenvalue weighted by Gasteiger charge is 2.26. The quantitative estimate of drug-likeness (QED) is 0.330. The third-order valence-electron chi connectivity index (χ3n) is 4.78. The van der Waals surface area contributed by atoms with Crippen molar-refractivity contribution < 1.29 is 9.59 Å². The Bertz CT molecular complexity index is 1250. The van der Waals surface area contributed by atoms with Gasteiger partial charge in [0.2, 0.25) is 0 Å². The molecule has 0 saturated heterocycles. The molecule has 2 aromatic heterocycles. The van der Waals surface area contributed by atoms with E-state index in [4.69, 9.17) is 23.2 Å². The van der Waals surface area contributed by atoms with E-state index in [1.807, 2.05) is 41.8 Å².